The van der Waals surface area contributed by atoms with E-state index in [1.165, 1.54) is 12.1 Å². The summed E-state index contributed by atoms with van der Waals surface area (Å²) < 4.78 is 67.6. The molecule has 3 heterocycles. The van der Waals surface area contributed by atoms with Crippen molar-refractivity contribution in [2.24, 2.45) is 5.14 Å². The van der Waals surface area contributed by atoms with Crippen LogP contribution >= 0.6 is 0 Å². The quantitative estimate of drug-likeness (QED) is 0.129. The summed E-state index contributed by atoms with van der Waals surface area (Å²) in [7, 11) is -3.67. The van der Waals surface area contributed by atoms with E-state index in [1.807, 2.05) is 41.8 Å². The van der Waals surface area contributed by atoms with Crippen molar-refractivity contribution < 1.29 is 40.9 Å². The molecular weight excluding hydrogens is 657 g/mol. The lowest BCUT2D eigenvalue weighted by atomic mass is 10.1. The average Bonchev–Trinajstić information content (AvgIpc) is 3.65. The number of alkyl halides is 3. The van der Waals surface area contributed by atoms with Crippen LogP contribution in [-0.4, -0.2) is 70.2 Å². The number of benzene rings is 2. The van der Waals surface area contributed by atoms with Crippen LogP contribution in [0.4, 0.5) is 19.0 Å². The molecule has 2 aromatic carbocycles. The van der Waals surface area contributed by atoms with Crippen molar-refractivity contribution in [1.29, 1.82) is 0 Å². The van der Waals surface area contributed by atoms with Gasteiger partial charge in [-0.1, -0.05) is 42.5 Å². The molecule has 0 radical (unpaired) electrons. The third-order valence-corrected chi connectivity index (χ3v) is 7.84. The number of carbonyl (C=O) groups is 1. The number of nitrogens with one attached hydrogen (secondary N) is 1. The number of sulfonamides is 1. The smallest absolute Gasteiger partial charge is 0.490 e. The van der Waals surface area contributed by atoms with Crippen molar-refractivity contribution in [2.45, 2.75) is 43.8 Å². The third-order valence-electron chi connectivity index (χ3n) is 6.92. The Morgan fingerprint density at radius 1 is 1.04 bits per heavy atom. The van der Waals surface area contributed by atoms with Crippen molar-refractivity contribution in [2.75, 3.05) is 25.4 Å². The first-order valence-corrected chi connectivity index (χ1v) is 16.1. The summed E-state index contributed by atoms with van der Waals surface area (Å²) in [5.74, 6) is -1.42. The zero-order valence-electron chi connectivity index (χ0n) is 25.6. The van der Waals surface area contributed by atoms with Gasteiger partial charge in [0.05, 0.1) is 23.4 Å². The molecule has 48 heavy (non-hydrogen) atoms. The molecular formula is C30H33F3N8O6S. The molecule has 0 aliphatic heterocycles. The van der Waals surface area contributed by atoms with Crippen molar-refractivity contribution in [1.82, 2.24) is 30.2 Å². The number of anilines is 1. The molecule has 6 N–H and O–H groups in total. The predicted molar refractivity (Wildman–Crippen MR) is 169 cm³/mol. The summed E-state index contributed by atoms with van der Waals surface area (Å²) in [6.07, 6.45) is -0.798. The van der Waals surface area contributed by atoms with E-state index in [1.54, 1.807) is 18.3 Å². The number of aryl methyl sites for hydroxylation is 1. The molecule has 0 aliphatic rings. The summed E-state index contributed by atoms with van der Waals surface area (Å²) in [5, 5.41) is 23.4. The molecule has 0 bridgehead atoms. The molecule has 0 saturated heterocycles. The number of rotatable bonds is 13. The standard InChI is InChI=1S/C28H32N8O4S.C2HF3O2/c1-2-36-26-22(39-17-7-6-15-31-16-14-19-10-12-21(13-11-19)41(30,37)38)18-32-23(20-8-4-3-5-9-20)24(26)33-28(36)25-27(29)35-40-34-25;3-2(4,5)1(6)7/h3-5,8-13,18,31H,2,6-7,14-17H2,1H3,(H2,29,35)(H2,30,37,38);(H,6,7). The van der Waals surface area contributed by atoms with Crippen LogP contribution in [0.25, 0.3) is 33.8 Å². The molecule has 14 nitrogen and oxygen atoms in total. The van der Waals surface area contributed by atoms with Crippen molar-refractivity contribution in [3.63, 3.8) is 0 Å². The lowest BCUT2D eigenvalue weighted by molar-refractivity contribution is -0.192. The van der Waals surface area contributed by atoms with E-state index in [-0.39, 0.29) is 10.7 Å². The maximum Gasteiger partial charge on any atom is 0.490 e. The molecule has 0 fully saturated rings. The second-order valence-corrected chi connectivity index (χ2v) is 11.8. The van der Waals surface area contributed by atoms with Crippen LogP contribution in [0.2, 0.25) is 0 Å². The molecule has 3 aromatic heterocycles. The first kappa shape index (κ1) is 35.8. The fourth-order valence-electron chi connectivity index (χ4n) is 4.60. The fourth-order valence-corrected chi connectivity index (χ4v) is 5.12. The predicted octanol–water partition coefficient (Wildman–Crippen LogP) is 4.02. The van der Waals surface area contributed by atoms with Crippen LogP contribution in [0.3, 0.4) is 0 Å². The number of nitrogens with zero attached hydrogens (tertiary/aromatic N) is 5. The number of hydrogen-bond donors (Lipinski definition) is 4. The Kier molecular flexibility index (Phi) is 11.7. The molecule has 0 unspecified atom stereocenters. The Morgan fingerprint density at radius 2 is 1.73 bits per heavy atom. The summed E-state index contributed by atoms with van der Waals surface area (Å²) >= 11 is 0. The number of nitrogen functional groups attached to an aromatic ring is 1. The van der Waals surface area contributed by atoms with E-state index in [0.29, 0.717) is 35.9 Å². The second-order valence-electron chi connectivity index (χ2n) is 10.3. The Labute approximate surface area is 272 Å². The number of aliphatic carboxylic acids is 1. The highest BCUT2D eigenvalue weighted by molar-refractivity contribution is 7.89. The number of halogens is 3. The summed E-state index contributed by atoms with van der Waals surface area (Å²) in [5.41, 5.74) is 10.6. The van der Waals surface area contributed by atoms with E-state index < -0.39 is 22.2 Å². The van der Waals surface area contributed by atoms with Gasteiger partial charge in [-0.05, 0) is 67.3 Å². The maximum atomic E-state index is 11.4. The molecule has 0 saturated carbocycles. The number of carboxylic acid groups (broad SMARTS) is 1. The number of unbranched alkanes of at least 4 members (excludes halogenated alkanes) is 1. The number of primary sulfonamides is 1. The molecule has 256 valence electrons. The maximum absolute atomic E-state index is 11.4. The Bertz CT molecular complexity index is 1930. The van der Waals surface area contributed by atoms with Gasteiger partial charge in [0.15, 0.2) is 23.1 Å². The highest BCUT2D eigenvalue weighted by atomic mass is 32.2. The number of nitrogens with two attached hydrogens (primary N) is 2. The van der Waals surface area contributed by atoms with Gasteiger partial charge in [0.1, 0.15) is 11.0 Å². The van der Waals surface area contributed by atoms with Gasteiger partial charge >= 0.3 is 12.1 Å². The van der Waals surface area contributed by atoms with Gasteiger partial charge in [0.2, 0.25) is 10.0 Å². The molecule has 5 aromatic rings. The van der Waals surface area contributed by atoms with Crippen LogP contribution < -0.4 is 20.9 Å². The Hall–Kier alpha value is -5.07. The Morgan fingerprint density at radius 3 is 2.31 bits per heavy atom. The average molecular weight is 691 g/mol. The van der Waals surface area contributed by atoms with Gasteiger partial charge in [-0.25, -0.2) is 32.9 Å². The van der Waals surface area contributed by atoms with Gasteiger partial charge in [-0.2, -0.15) is 13.2 Å². The van der Waals surface area contributed by atoms with Crippen LogP contribution in [0.15, 0.2) is 70.3 Å². The number of hydrogen-bond acceptors (Lipinski definition) is 11. The van der Waals surface area contributed by atoms with Crippen molar-refractivity contribution >= 4 is 32.8 Å². The monoisotopic (exact) mass is 690 g/mol. The minimum absolute atomic E-state index is 0.119. The van der Waals surface area contributed by atoms with Crippen molar-refractivity contribution in [3.05, 3.63) is 66.4 Å². The minimum atomic E-state index is -5.08. The van der Waals surface area contributed by atoms with Crippen LogP contribution in [0, 0.1) is 0 Å². The van der Waals surface area contributed by atoms with E-state index in [0.717, 1.165) is 54.7 Å². The van der Waals surface area contributed by atoms with E-state index in [2.05, 4.69) is 15.6 Å². The zero-order valence-corrected chi connectivity index (χ0v) is 26.5. The van der Waals surface area contributed by atoms with Crippen LogP contribution in [0.1, 0.15) is 25.3 Å². The number of fused-ring (bicyclic) bond motifs is 1. The minimum Gasteiger partial charge on any atom is -0.490 e. The number of ether oxygens (including phenoxy) is 1. The molecule has 18 heteroatoms. The van der Waals surface area contributed by atoms with E-state index in [9.17, 15) is 21.6 Å². The van der Waals surface area contributed by atoms with Crippen molar-refractivity contribution in [3.8, 4) is 28.5 Å². The first-order chi connectivity index (χ1) is 22.8. The number of pyridine rings is 1. The zero-order chi connectivity index (χ0) is 34.9. The SMILES string of the molecule is CCn1c(-c2nonc2N)nc2c(-c3ccccc3)ncc(OCCCCNCCc3ccc(S(N)(=O)=O)cc3)c21.O=C(O)C(F)(F)F. The number of aromatic nitrogens is 5. The molecule has 0 amide bonds. The van der Waals surface area contributed by atoms with Crippen LogP contribution in [-0.2, 0) is 27.8 Å². The molecule has 0 aliphatic carbocycles. The normalized spacial score (nSPS) is 11.7. The molecule has 0 spiro atoms. The lowest BCUT2D eigenvalue weighted by Crippen LogP contribution is -2.21. The van der Waals surface area contributed by atoms with Gasteiger partial charge in [0, 0.05) is 12.1 Å². The lowest BCUT2D eigenvalue weighted by Gasteiger charge is -2.12. The summed E-state index contributed by atoms with van der Waals surface area (Å²) in [6.45, 7) is 4.73. The van der Waals surface area contributed by atoms with Gasteiger partial charge in [0.25, 0.3) is 0 Å². The van der Waals surface area contributed by atoms with Gasteiger partial charge in [-0.3, -0.25) is 0 Å². The first-order valence-electron chi connectivity index (χ1n) is 14.6. The fraction of sp³-hybridized carbons (Fsp3) is 0.300. The highest BCUT2D eigenvalue weighted by Crippen LogP contribution is 2.36. The Balaban J connectivity index is 0.000000671. The van der Waals surface area contributed by atoms with E-state index >= 15 is 0 Å². The van der Waals surface area contributed by atoms with Gasteiger partial charge < -0.3 is 25.5 Å². The summed E-state index contributed by atoms with van der Waals surface area (Å²) in [6, 6.07) is 16.5. The van der Waals surface area contributed by atoms with E-state index in [4.69, 9.17) is 40.1 Å². The van der Waals surface area contributed by atoms with Gasteiger partial charge in [-0.15, -0.1) is 0 Å². The topological polar surface area (TPSA) is 214 Å². The molecule has 5 rings (SSSR count). The molecule has 0 atom stereocenters. The third kappa shape index (κ3) is 9.05. The second kappa shape index (κ2) is 15.7. The number of carboxylic acids is 1. The number of imidazole rings is 1. The van der Waals surface area contributed by atoms with Crippen LogP contribution in [0.5, 0.6) is 5.75 Å². The largest absolute Gasteiger partial charge is 0.490 e. The highest BCUT2D eigenvalue weighted by Gasteiger charge is 2.38. The summed E-state index contributed by atoms with van der Waals surface area (Å²) in [4.78, 5) is 18.6.